The van der Waals surface area contributed by atoms with Crippen LogP contribution >= 0.6 is 0 Å². The Balaban J connectivity index is 1.73. The number of aromatic nitrogens is 2. The molecule has 0 bridgehead atoms. The number of ether oxygens (including phenoxy) is 1. The molecule has 1 aromatic carbocycles. The van der Waals surface area contributed by atoms with E-state index in [1.807, 2.05) is 26.8 Å². The molecule has 7 nitrogen and oxygen atoms in total. The van der Waals surface area contributed by atoms with Crippen molar-refractivity contribution in [3.63, 3.8) is 0 Å². The second-order valence-corrected chi connectivity index (χ2v) is 7.00. The van der Waals surface area contributed by atoms with Gasteiger partial charge in [0.2, 0.25) is 0 Å². The van der Waals surface area contributed by atoms with Gasteiger partial charge in [-0.15, -0.1) is 0 Å². The number of hydrogen-bond donors (Lipinski definition) is 2. The summed E-state index contributed by atoms with van der Waals surface area (Å²) in [4.78, 5) is 26.2. The second kappa shape index (κ2) is 6.58. The SMILES string of the molecule is CC(C)(C)OC(=O)N1CCc2[nH]nc(NC(=O)c3ccccc3)c2C1. The summed E-state index contributed by atoms with van der Waals surface area (Å²) in [5.41, 5.74) is 1.77. The van der Waals surface area contributed by atoms with Gasteiger partial charge in [0.25, 0.3) is 5.91 Å². The summed E-state index contributed by atoms with van der Waals surface area (Å²) in [6.45, 7) is 6.41. The highest BCUT2D eigenvalue weighted by molar-refractivity contribution is 6.04. The first-order valence-electron chi connectivity index (χ1n) is 8.24. The Labute approximate surface area is 146 Å². The molecule has 132 valence electrons. The monoisotopic (exact) mass is 342 g/mol. The molecular weight excluding hydrogens is 320 g/mol. The molecule has 2 N–H and O–H groups in total. The third-order valence-electron chi connectivity index (χ3n) is 3.85. The van der Waals surface area contributed by atoms with Gasteiger partial charge in [0.1, 0.15) is 5.60 Å². The number of nitrogens with one attached hydrogen (secondary N) is 2. The molecule has 0 unspecified atom stereocenters. The normalized spacial score (nSPS) is 14.0. The Hall–Kier alpha value is -2.83. The van der Waals surface area contributed by atoms with Crippen LogP contribution in [0.25, 0.3) is 0 Å². The molecule has 0 saturated heterocycles. The number of nitrogens with zero attached hydrogens (tertiary/aromatic N) is 2. The first-order valence-corrected chi connectivity index (χ1v) is 8.24. The smallest absolute Gasteiger partial charge is 0.410 e. The number of fused-ring (bicyclic) bond motifs is 1. The van der Waals surface area contributed by atoms with E-state index in [4.69, 9.17) is 4.74 Å². The standard InChI is InChI=1S/C18H22N4O3/c1-18(2,3)25-17(24)22-10-9-14-13(11-22)15(21-20-14)19-16(23)12-7-5-4-6-8-12/h4-8H,9-11H2,1-3H3,(H2,19,20,21,23). The molecule has 0 spiro atoms. The topological polar surface area (TPSA) is 87.3 Å². The van der Waals surface area contributed by atoms with Crippen molar-refractivity contribution >= 4 is 17.8 Å². The third-order valence-corrected chi connectivity index (χ3v) is 3.85. The highest BCUT2D eigenvalue weighted by atomic mass is 16.6. The van der Waals surface area contributed by atoms with Crippen molar-refractivity contribution in [3.8, 4) is 0 Å². The third kappa shape index (κ3) is 3.99. The minimum Gasteiger partial charge on any atom is -0.444 e. The fraction of sp³-hybridized carbons (Fsp3) is 0.389. The van der Waals surface area contributed by atoms with Crippen molar-refractivity contribution in [2.24, 2.45) is 0 Å². The average molecular weight is 342 g/mol. The van der Waals surface area contributed by atoms with E-state index < -0.39 is 5.60 Å². The summed E-state index contributed by atoms with van der Waals surface area (Å²) in [5, 5.41) is 9.96. The molecule has 0 aliphatic carbocycles. The van der Waals surface area contributed by atoms with Gasteiger partial charge in [-0.25, -0.2) is 4.79 Å². The molecule has 25 heavy (non-hydrogen) atoms. The van der Waals surface area contributed by atoms with E-state index in [-0.39, 0.29) is 12.0 Å². The fourth-order valence-corrected chi connectivity index (χ4v) is 2.65. The zero-order valence-corrected chi connectivity index (χ0v) is 14.6. The molecular formula is C18H22N4O3. The second-order valence-electron chi connectivity index (χ2n) is 7.00. The van der Waals surface area contributed by atoms with Gasteiger partial charge in [-0.05, 0) is 32.9 Å². The largest absolute Gasteiger partial charge is 0.444 e. The summed E-state index contributed by atoms with van der Waals surface area (Å²) in [5.74, 6) is 0.224. The Bertz CT molecular complexity index is 777. The van der Waals surface area contributed by atoms with Crippen LogP contribution in [-0.2, 0) is 17.7 Å². The number of H-pyrrole nitrogens is 1. The molecule has 0 radical (unpaired) electrons. The van der Waals surface area contributed by atoms with Crippen LogP contribution in [0.2, 0.25) is 0 Å². The Morgan fingerprint density at radius 2 is 1.96 bits per heavy atom. The molecule has 1 aliphatic heterocycles. The number of hydrogen-bond acceptors (Lipinski definition) is 4. The van der Waals surface area contributed by atoms with E-state index in [1.165, 1.54) is 0 Å². The first-order chi connectivity index (χ1) is 11.8. The van der Waals surface area contributed by atoms with Crippen LogP contribution in [-0.4, -0.2) is 39.2 Å². The number of carbonyl (C=O) groups excluding carboxylic acids is 2. The molecule has 2 aromatic rings. The van der Waals surface area contributed by atoms with E-state index in [0.717, 1.165) is 11.3 Å². The lowest BCUT2D eigenvalue weighted by atomic mass is 10.1. The molecule has 1 aromatic heterocycles. The van der Waals surface area contributed by atoms with Crippen molar-refractivity contribution in [1.29, 1.82) is 0 Å². The minimum absolute atomic E-state index is 0.232. The number of carbonyl (C=O) groups is 2. The van der Waals surface area contributed by atoms with Gasteiger partial charge in [-0.1, -0.05) is 18.2 Å². The van der Waals surface area contributed by atoms with Crippen molar-refractivity contribution < 1.29 is 14.3 Å². The molecule has 0 atom stereocenters. The summed E-state index contributed by atoms with van der Waals surface area (Å²) in [6.07, 6.45) is 0.280. The van der Waals surface area contributed by atoms with Crippen molar-refractivity contribution in [1.82, 2.24) is 15.1 Å². The molecule has 2 heterocycles. The highest BCUT2D eigenvalue weighted by Gasteiger charge is 2.29. The first kappa shape index (κ1) is 17.0. The van der Waals surface area contributed by atoms with Crippen molar-refractivity contribution in [3.05, 3.63) is 47.2 Å². The Morgan fingerprint density at radius 3 is 2.64 bits per heavy atom. The lowest BCUT2D eigenvalue weighted by Gasteiger charge is -2.30. The summed E-state index contributed by atoms with van der Waals surface area (Å²) in [6, 6.07) is 8.94. The van der Waals surface area contributed by atoms with Crippen LogP contribution in [0.15, 0.2) is 30.3 Å². The van der Waals surface area contributed by atoms with E-state index in [0.29, 0.717) is 30.9 Å². The van der Waals surface area contributed by atoms with Gasteiger partial charge in [0, 0.05) is 29.8 Å². The van der Waals surface area contributed by atoms with Gasteiger partial charge in [-0.2, -0.15) is 5.10 Å². The molecule has 2 amide bonds. The maximum atomic E-state index is 12.3. The lowest BCUT2D eigenvalue weighted by molar-refractivity contribution is 0.0224. The predicted molar refractivity (Wildman–Crippen MR) is 93.3 cm³/mol. The molecule has 3 rings (SSSR count). The maximum Gasteiger partial charge on any atom is 0.410 e. The van der Waals surface area contributed by atoms with Crippen molar-refractivity contribution in [2.75, 3.05) is 11.9 Å². The van der Waals surface area contributed by atoms with Crippen LogP contribution in [0.1, 0.15) is 42.4 Å². The average Bonchev–Trinajstić information content (AvgIpc) is 2.96. The van der Waals surface area contributed by atoms with Gasteiger partial charge in [0.05, 0.1) is 6.54 Å². The number of rotatable bonds is 2. The maximum absolute atomic E-state index is 12.3. The molecule has 0 saturated carbocycles. The molecule has 7 heteroatoms. The number of benzene rings is 1. The lowest BCUT2D eigenvalue weighted by Crippen LogP contribution is -2.40. The predicted octanol–water partition coefficient (Wildman–Crippen LogP) is 2.96. The molecule has 0 fully saturated rings. The Kier molecular flexibility index (Phi) is 4.48. The number of amides is 2. The summed E-state index contributed by atoms with van der Waals surface area (Å²) < 4.78 is 5.43. The van der Waals surface area contributed by atoms with Crippen LogP contribution in [0.3, 0.4) is 0 Å². The van der Waals surface area contributed by atoms with Gasteiger partial charge in [0.15, 0.2) is 5.82 Å². The number of aromatic amines is 1. The van der Waals surface area contributed by atoms with Crippen LogP contribution in [0, 0.1) is 0 Å². The molecule has 1 aliphatic rings. The van der Waals surface area contributed by atoms with Crippen LogP contribution in [0.5, 0.6) is 0 Å². The Morgan fingerprint density at radius 1 is 1.24 bits per heavy atom. The zero-order valence-electron chi connectivity index (χ0n) is 14.6. The van der Waals surface area contributed by atoms with E-state index in [1.54, 1.807) is 29.2 Å². The van der Waals surface area contributed by atoms with E-state index in [2.05, 4.69) is 15.5 Å². The van der Waals surface area contributed by atoms with Crippen molar-refractivity contribution in [2.45, 2.75) is 39.3 Å². The quantitative estimate of drug-likeness (QED) is 0.878. The number of anilines is 1. The summed E-state index contributed by atoms with van der Waals surface area (Å²) >= 11 is 0. The van der Waals surface area contributed by atoms with E-state index >= 15 is 0 Å². The van der Waals surface area contributed by atoms with Crippen LogP contribution < -0.4 is 5.32 Å². The zero-order chi connectivity index (χ0) is 18.0. The highest BCUT2D eigenvalue weighted by Crippen LogP contribution is 2.25. The van der Waals surface area contributed by atoms with Gasteiger partial charge < -0.3 is 15.0 Å². The fourth-order valence-electron chi connectivity index (χ4n) is 2.65. The summed E-state index contributed by atoms with van der Waals surface area (Å²) in [7, 11) is 0. The van der Waals surface area contributed by atoms with Gasteiger partial charge >= 0.3 is 6.09 Å². The minimum atomic E-state index is -0.544. The van der Waals surface area contributed by atoms with Gasteiger partial charge in [-0.3, -0.25) is 9.89 Å². The van der Waals surface area contributed by atoms with E-state index in [9.17, 15) is 9.59 Å². The van der Waals surface area contributed by atoms with Crippen LogP contribution in [0.4, 0.5) is 10.6 Å².